The molecule has 0 bridgehead atoms. The first-order valence-corrected chi connectivity index (χ1v) is 13.9. The molecule has 0 spiro atoms. The summed E-state index contributed by atoms with van der Waals surface area (Å²) in [6, 6.07) is 5.75. The molecule has 8 nitrogen and oxygen atoms in total. The van der Waals surface area contributed by atoms with Gasteiger partial charge >= 0.3 is 0 Å². The molecule has 2 fully saturated rings. The Kier molecular flexibility index (Phi) is 7.36. The molecular formula is C27H33N5O3S. The van der Waals surface area contributed by atoms with Gasteiger partial charge in [0, 0.05) is 41.0 Å². The third-order valence-electron chi connectivity index (χ3n) is 7.53. The van der Waals surface area contributed by atoms with Crippen LogP contribution in [0, 0.1) is 5.92 Å². The molecular weight excluding hydrogens is 474 g/mol. The zero-order chi connectivity index (χ0) is 25.1. The van der Waals surface area contributed by atoms with Gasteiger partial charge in [0.1, 0.15) is 11.5 Å². The van der Waals surface area contributed by atoms with Crippen LogP contribution in [0.25, 0.3) is 10.9 Å². The highest BCUT2D eigenvalue weighted by Gasteiger charge is 2.27. The Bertz CT molecular complexity index is 1240. The first-order chi connectivity index (χ1) is 17.5. The maximum absolute atomic E-state index is 13.4. The standard InChI is InChI=1S/C27H33N5O3S/c1-32(27(35)17-8-4-2-5-9-17)19-12-13-20-21(14-19)30-24(31-25(33)22-15-36-16-28-22)23(20)26(34)29-18-10-6-3-7-11-18/h12-18,30H,2-11H2,1H3,(H,29,34)(H,31,33). The lowest BCUT2D eigenvalue weighted by atomic mass is 9.88. The predicted octanol–water partition coefficient (Wildman–Crippen LogP) is 5.48. The number of aromatic nitrogens is 2. The summed E-state index contributed by atoms with van der Waals surface area (Å²) in [4.78, 5) is 48.4. The number of carbonyl (C=O) groups excluding carboxylic acids is 3. The van der Waals surface area contributed by atoms with Crippen molar-refractivity contribution in [2.75, 3.05) is 17.3 Å². The second kappa shape index (κ2) is 10.8. The molecule has 0 radical (unpaired) electrons. The van der Waals surface area contributed by atoms with Crippen LogP contribution in [0.1, 0.15) is 85.1 Å². The summed E-state index contributed by atoms with van der Waals surface area (Å²) in [7, 11) is 1.81. The molecule has 2 heterocycles. The van der Waals surface area contributed by atoms with E-state index in [1.54, 1.807) is 15.8 Å². The van der Waals surface area contributed by atoms with Crippen molar-refractivity contribution in [1.29, 1.82) is 0 Å². The van der Waals surface area contributed by atoms with Crippen LogP contribution < -0.4 is 15.5 Å². The van der Waals surface area contributed by atoms with Gasteiger partial charge in [0.15, 0.2) is 0 Å². The van der Waals surface area contributed by atoms with Gasteiger partial charge in [-0.3, -0.25) is 14.4 Å². The zero-order valence-corrected chi connectivity index (χ0v) is 21.5. The van der Waals surface area contributed by atoms with Crippen LogP contribution in [0.5, 0.6) is 0 Å². The van der Waals surface area contributed by atoms with Gasteiger partial charge in [-0.1, -0.05) is 38.5 Å². The first kappa shape index (κ1) is 24.5. The minimum absolute atomic E-state index is 0.0629. The lowest BCUT2D eigenvalue weighted by molar-refractivity contribution is -0.123. The zero-order valence-electron chi connectivity index (χ0n) is 20.6. The lowest BCUT2D eigenvalue weighted by Gasteiger charge is -2.26. The van der Waals surface area contributed by atoms with Gasteiger partial charge < -0.3 is 20.5 Å². The largest absolute Gasteiger partial charge is 0.349 e. The number of benzene rings is 1. The SMILES string of the molecule is CN(C(=O)C1CCCCC1)c1ccc2c(C(=O)NC3CCCCC3)c(NC(=O)c3cscn3)[nH]c2c1. The van der Waals surface area contributed by atoms with E-state index in [0.29, 0.717) is 28.0 Å². The molecule has 5 rings (SSSR count). The molecule has 2 saturated carbocycles. The number of hydrogen-bond acceptors (Lipinski definition) is 5. The van der Waals surface area contributed by atoms with Gasteiger partial charge in [0.2, 0.25) is 5.91 Å². The van der Waals surface area contributed by atoms with E-state index < -0.39 is 0 Å². The maximum atomic E-state index is 13.4. The molecule has 9 heteroatoms. The van der Waals surface area contributed by atoms with E-state index in [2.05, 4.69) is 20.6 Å². The van der Waals surface area contributed by atoms with E-state index in [0.717, 1.165) is 57.1 Å². The quantitative estimate of drug-likeness (QED) is 0.410. The van der Waals surface area contributed by atoms with Gasteiger partial charge in [0.05, 0.1) is 11.1 Å². The van der Waals surface area contributed by atoms with Crippen LogP contribution in [0.3, 0.4) is 0 Å². The fraction of sp³-hybridized carbons (Fsp3) is 0.481. The molecule has 2 aliphatic carbocycles. The van der Waals surface area contributed by atoms with E-state index in [9.17, 15) is 14.4 Å². The number of thiazole rings is 1. The number of nitrogens with one attached hydrogen (secondary N) is 3. The fourth-order valence-electron chi connectivity index (χ4n) is 5.48. The van der Waals surface area contributed by atoms with Crippen molar-refractivity contribution in [1.82, 2.24) is 15.3 Å². The van der Waals surface area contributed by atoms with Gasteiger partial charge in [-0.05, 0) is 43.9 Å². The second-order valence-corrected chi connectivity index (χ2v) is 10.7. The Morgan fingerprint density at radius 1 is 1.00 bits per heavy atom. The normalized spacial score (nSPS) is 17.1. The lowest BCUT2D eigenvalue weighted by Crippen LogP contribution is -2.36. The Balaban J connectivity index is 1.45. The summed E-state index contributed by atoms with van der Waals surface area (Å²) in [6.45, 7) is 0. The van der Waals surface area contributed by atoms with Crippen molar-refractivity contribution >= 4 is 51.5 Å². The highest BCUT2D eigenvalue weighted by Crippen LogP contribution is 2.32. The minimum atomic E-state index is -0.376. The highest BCUT2D eigenvalue weighted by atomic mass is 32.1. The number of rotatable bonds is 6. The van der Waals surface area contributed by atoms with Crippen molar-refractivity contribution in [3.63, 3.8) is 0 Å². The molecule has 190 valence electrons. The van der Waals surface area contributed by atoms with Gasteiger partial charge in [-0.25, -0.2) is 4.98 Å². The number of fused-ring (bicyclic) bond motifs is 1. The Labute approximate surface area is 214 Å². The minimum Gasteiger partial charge on any atom is -0.349 e. The number of nitrogens with zero attached hydrogens (tertiary/aromatic N) is 2. The predicted molar refractivity (Wildman–Crippen MR) is 143 cm³/mol. The fourth-order valence-corrected chi connectivity index (χ4v) is 6.01. The summed E-state index contributed by atoms with van der Waals surface area (Å²) in [5, 5.41) is 8.40. The molecule has 0 aliphatic heterocycles. The average Bonchev–Trinajstić information content (AvgIpc) is 3.57. The third kappa shape index (κ3) is 5.16. The molecule has 3 aromatic rings. The average molecular weight is 508 g/mol. The van der Waals surface area contributed by atoms with Crippen molar-refractivity contribution < 1.29 is 14.4 Å². The summed E-state index contributed by atoms with van der Waals surface area (Å²) in [6.07, 6.45) is 10.6. The Morgan fingerprint density at radius 3 is 2.42 bits per heavy atom. The smallest absolute Gasteiger partial charge is 0.276 e. The summed E-state index contributed by atoms with van der Waals surface area (Å²) in [5.74, 6) is -0.0454. The van der Waals surface area contributed by atoms with Crippen molar-refractivity contribution in [2.24, 2.45) is 5.92 Å². The van der Waals surface area contributed by atoms with Crippen LogP contribution in [-0.4, -0.2) is 40.8 Å². The van der Waals surface area contributed by atoms with Gasteiger partial charge in [0.25, 0.3) is 11.8 Å². The third-order valence-corrected chi connectivity index (χ3v) is 8.11. The number of hydrogen-bond donors (Lipinski definition) is 3. The number of amides is 3. The molecule has 0 unspecified atom stereocenters. The highest BCUT2D eigenvalue weighted by molar-refractivity contribution is 7.07. The van der Waals surface area contributed by atoms with Crippen molar-refractivity contribution in [3.8, 4) is 0 Å². The Morgan fingerprint density at radius 2 is 1.72 bits per heavy atom. The molecule has 2 aromatic heterocycles. The van der Waals surface area contributed by atoms with E-state index in [-0.39, 0.29) is 29.7 Å². The van der Waals surface area contributed by atoms with Gasteiger partial charge in [-0.15, -0.1) is 11.3 Å². The van der Waals surface area contributed by atoms with E-state index in [4.69, 9.17) is 0 Å². The van der Waals surface area contributed by atoms with Gasteiger partial charge in [-0.2, -0.15) is 0 Å². The number of H-pyrrole nitrogens is 1. The Hall–Kier alpha value is -3.20. The summed E-state index contributed by atoms with van der Waals surface area (Å²) >= 11 is 1.34. The topological polar surface area (TPSA) is 107 Å². The number of anilines is 2. The molecule has 2 aliphatic rings. The molecule has 3 N–H and O–H groups in total. The molecule has 1 aromatic carbocycles. The second-order valence-electron chi connectivity index (χ2n) is 9.97. The monoisotopic (exact) mass is 507 g/mol. The summed E-state index contributed by atoms with van der Waals surface area (Å²) < 4.78 is 0. The van der Waals surface area contributed by atoms with E-state index in [1.807, 2.05) is 25.2 Å². The van der Waals surface area contributed by atoms with Crippen LogP contribution in [0.4, 0.5) is 11.5 Å². The van der Waals surface area contributed by atoms with E-state index in [1.165, 1.54) is 24.2 Å². The van der Waals surface area contributed by atoms with Crippen LogP contribution >= 0.6 is 11.3 Å². The molecule has 3 amide bonds. The maximum Gasteiger partial charge on any atom is 0.276 e. The number of carbonyl (C=O) groups is 3. The molecule has 36 heavy (non-hydrogen) atoms. The van der Waals surface area contributed by atoms with Crippen LogP contribution in [-0.2, 0) is 4.79 Å². The molecule has 0 saturated heterocycles. The summed E-state index contributed by atoms with van der Waals surface area (Å²) in [5.41, 5.74) is 3.76. The number of aromatic amines is 1. The molecule has 0 atom stereocenters. The van der Waals surface area contributed by atoms with E-state index >= 15 is 0 Å². The van der Waals surface area contributed by atoms with Crippen molar-refractivity contribution in [2.45, 2.75) is 70.3 Å². The van der Waals surface area contributed by atoms with Crippen LogP contribution in [0.15, 0.2) is 29.1 Å². The first-order valence-electron chi connectivity index (χ1n) is 12.9. The van der Waals surface area contributed by atoms with Crippen molar-refractivity contribution in [3.05, 3.63) is 40.3 Å². The van der Waals surface area contributed by atoms with Crippen LogP contribution in [0.2, 0.25) is 0 Å².